The van der Waals surface area contributed by atoms with E-state index in [0.29, 0.717) is 5.92 Å². The Morgan fingerprint density at radius 3 is 1.62 bits per heavy atom. The maximum absolute atomic E-state index is 8.86. The zero-order valence-electron chi connectivity index (χ0n) is 5.56. The van der Waals surface area contributed by atoms with Gasteiger partial charge in [0.2, 0.25) is 0 Å². The Morgan fingerprint density at radius 1 is 1.25 bits per heavy atom. The van der Waals surface area contributed by atoms with Crippen LogP contribution < -0.4 is 0 Å². The second-order valence-electron chi connectivity index (χ2n) is 2.43. The first-order chi connectivity index (χ1) is 3.55. The second kappa shape index (κ2) is 3.31. The minimum atomic E-state index is -0.392. The highest BCUT2D eigenvalue weighted by Gasteiger charge is 2.14. The number of hydrogen-bond acceptors (Lipinski definition) is 1. The van der Waals surface area contributed by atoms with Gasteiger partial charge < -0.3 is 5.11 Å². The van der Waals surface area contributed by atoms with Crippen molar-refractivity contribution < 1.29 is 5.11 Å². The van der Waals surface area contributed by atoms with Gasteiger partial charge >= 0.3 is 0 Å². The van der Waals surface area contributed by atoms with Crippen LogP contribution in [0.3, 0.4) is 0 Å². The summed E-state index contributed by atoms with van der Waals surface area (Å²) in [5, 5.41) is 8.76. The summed E-state index contributed by atoms with van der Waals surface area (Å²) in [5.74, 6) is 0.358. The van der Waals surface area contributed by atoms with E-state index in [9.17, 15) is 0 Å². The SMILES string of the molecule is CC(C)[C@@H](Cl)[C@H](C)O. The maximum Gasteiger partial charge on any atom is 0.0678 e. The maximum atomic E-state index is 8.86. The van der Waals surface area contributed by atoms with Gasteiger partial charge in [-0.2, -0.15) is 0 Å². The van der Waals surface area contributed by atoms with Gasteiger partial charge in [-0.3, -0.25) is 0 Å². The van der Waals surface area contributed by atoms with Crippen molar-refractivity contribution in [3.8, 4) is 0 Å². The van der Waals surface area contributed by atoms with Crippen molar-refractivity contribution in [2.75, 3.05) is 0 Å². The molecule has 2 heteroatoms. The van der Waals surface area contributed by atoms with Crippen LogP contribution in [-0.2, 0) is 0 Å². The monoisotopic (exact) mass is 136 g/mol. The lowest BCUT2D eigenvalue weighted by molar-refractivity contribution is 0.172. The van der Waals surface area contributed by atoms with Crippen LogP contribution in [0.5, 0.6) is 0 Å². The molecular weight excluding hydrogens is 124 g/mol. The molecule has 0 bridgehead atoms. The van der Waals surface area contributed by atoms with Crippen molar-refractivity contribution in [3.63, 3.8) is 0 Å². The van der Waals surface area contributed by atoms with E-state index in [1.54, 1.807) is 6.92 Å². The highest BCUT2D eigenvalue weighted by molar-refractivity contribution is 6.21. The van der Waals surface area contributed by atoms with Crippen LogP contribution in [0.1, 0.15) is 20.8 Å². The smallest absolute Gasteiger partial charge is 0.0678 e. The lowest BCUT2D eigenvalue weighted by Crippen LogP contribution is -2.21. The molecule has 0 heterocycles. The van der Waals surface area contributed by atoms with Crippen molar-refractivity contribution >= 4 is 11.6 Å². The van der Waals surface area contributed by atoms with Gasteiger partial charge in [0.25, 0.3) is 0 Å². The Balaban J connectivity index is 3.46. The van der Waals surface area contributed by atoms with Crippen LogP contribution >= 0.6 is 11.6 Å². The number of aliphatic hydroxyl groups is 1. The third-order valence-electron chi connectivity index (χ3n) is 1.10. The van der Waals surface area contributed by atoms with Gasteiger partial charge in [-0.05, 0) is 12.8 Å². The molecule has 0 aromatic rings. The Bertz CT molecular complexity index is 53.5. The summed E-state index contributed by atoms with van der Waals surface area (Å²) in [6.07, 6.45) is -0.392. The minimum absolute atomic E-state index is 0.102. The number of rotatable bonds is 2. The van der Waals surface area contributed by atoms with E-state index in [1.807, 2.05) is 13.8 Å². The molecule has 1 nitrogen and oxygen atoms in total. The first kappa shape index (κ1) is 8.25. The van der Waals surface area contributed by atoms with Crippen molar-refractivity contribution in [2.24, 2.45) is 5.92 Å². The molecule has 0 spiro atoms. The minimum Gasteiger partial charge on any atom is -0.392 e. The van der Waals surface area contributed by atoms with E-state index in [1.165, 1.54) is 0 Å². The molecule has 0 radical (unpaired) electrons. The van der Waals surface area contributed by atoms with Crippen LogP contribution in [-0.4, -0.2) is 16.6 Å². The molecule has 8 heavy (non-hydrogen) atoms. The van der Waals surface area contributed by atoms with Crippen LogP contribution in [0.4, 0.5) is 0 Å². The average molecular weight is 137 g/mol. The number of alkyl halides is 1. The Kier molecular flexibility index (Phi) is 3.41. The summed E-state index contributed by atoms with van der Waals surface area (Å²) in [6.45, 7) is 5.69. The molecule has 0 unspecified atom stereocenters. The zero-order chi connectivity index (χ0) is 6.73. The van der Waals surface area contributed by atoms with E-state index in [0.717, 1.165) is 0 Å². The Labute approximate surface area is 55.7 Å². The fraction of sp³-hybridized carbons (Fsp3) is 1.00. The fourth-order valence-electron chi connectivity index (χ4n) is 0.557. The van der Waals surface area contributed by atoms with E-state index in [4.69, 9.17) is 16.7 Å². The normalized spacial score (nSPS) is 18.8. The van der Waals surface area contributed by atoms with Gasteiger partial charge in [0, 0.05) is 0 Å². The first-order valence-electron chi connectivity index (χ1n) is 2.88. The molecule has 1 N–H and O–H groups in total. The molecule has 0 amide bonds. The van der Waals surface area contributed by atoms with Gasteiger partial charge in [-0.15, -0.1) is 11.6 Å². The summed E-state index contributed by atoms with van der Waals surface area (Å²) in [6, 6.07) is 0. The van der Waals surface area contributed by atoms with Crippen LogP contribution in [0.15, 0.2) is 0 Å². The molecular formula is C6H13ClO. The molecule has 50 valence electrons. The van der Waals surface area contributed by atoms with Crippen molar-refractivity contribution in [2.45, 2.75) is 32.3 Å². The molecule has 2 atom stereocenters. The lowest BCUT2D eigenvalue weighted by Gasteiger charge is -2.15. The van der Waals surface area contributed by atoms with Crippen molar-refractivity contribution in [3.05, 3.63) is 0 Å². The number of halogens is 1. The topological polar surface area (TPSA) is 20.2 Å². The van der Waals surface area contributed by atoms with Crippen LogP contribution in [0, 0.1) is 5.92 Å². The predicted octanol–water partition coefficient (Wildman–Crippen LogP) is 1.63. The third kappa shape index (κ3) is 2.53. The standard InChI is InChI=1S/C6H13ClO/c1-4(2)6(7)5(3)8/h4-6,8H,1-3H3/t5-,6+/m0/s1. The molecule has 0 aliphatic heterocycles. The zero-order valence-corrected chi connectivity index (χ0v) is 6.31. The highest BCUT2D eigenvalue weighted by Crippen LogP contribution is 2.12. The molecule has 0 aromatic carbocycles. The summed E-state index contributed by atoms with van der Waals surface area (Å²) in [4.78, 5) is 0. The second-order valence-corrected chi connectivity index (χ2v) is 2.93. The summed E-state index contributed by atoms with van der Waals surface area (Å²) >= 11 is 5.70. The predicted molar refractivity (Wildman–Crippen MR) is 36.2 cm³/mol. The van der Waals surface area contributed by atoms with Crippen LogP contribution in [0.25, 0.3) is 0 Å². The summed E-state index contributed by atoms with van der Waals surface area (Å²) in [7, 11) is 0. The Hall–Kier alpha value is 0.250. The molecule has 0 fully saturated rings. The van der Waals surface area contributed by atoms with E-state index in [2.05, 4.69) is 0 Å². The van der Waals surface area contributed by atoms with Crippen molar-refractivity contribution in [1.82, 2.24) is 0 Å². The van der Waals surface area contributed by atoms with Gasteiger partial charge in [0.05, 0.1) is 11.5 Å². The average Bonchev–Trinajstić information content (AvgIpc) is 1.64. The van der Waals surface area contributed by atoms with Crippen molar-refractivity contribution in [1.29, 1.82) is 0 Å². The largest absolute Gasteiger partial charge is 0.392 e. The molecule has 0 aliphatic carbocycles. The van der Waals surface area contributed by atoms with Crippen LogP contribution in [0.2, 0.25) is 0 Å². The van der Waals surface area contributed by atoms with Gasteiger partial charge in [-0.1, -0.05) is 13.8 Å². The third-order valence-corrected chi connectivity index (χ3v) is 1.97. The number of hydrogen-bond donors (Lipinski definition) is 1. The molecule has 0 saturated heterocycles. The molecule has 0 aromatic heterocycles. The molecule has 0 rings (SSSR count). The fourth-order valence-corrected chi connectivity index (χ4v) is 0.557. The Morgan fingerprint density at radius 2 is 1.62 bits per heavy atom. The van der Waals surface area contributed by atoms with E-state index in [-0.39, 0.29) is 5.38 Å². The van der Waals surface area contributed by atoms with Gasteiger partial charge in [0.1, 0.15) is 0 Å². The number of aliphatic hydroxyl groups excluding tert-OH is 1. The summed E-state index contributed by atoms with van der Waals surface area (Å²) < 4.78 is 0. The summed E-state index contributed by atoms with van der Waals surface area (Å²) in [5.41, 5.74) is 0. The highest BCUT2D eigenvalue weighted by atomic mass is 35.5. The van der Waals surface area contributed by atoms with Gasteiger partial charge in [-0.25, -0.2) is 0 Å². The molecule has 0 aliphatic rings. The first-order valence-corrected chi connectivity index (χ1v) is 3.31. The quantitative estimate of drug-likeness (QED) is 0.573. The lowest BCUT2D eigenvalue weighted by atomic mass is 10.1. The van der Waals surface area contributed by atoms with Gasteiger partial charge in [0.15, 0.2) is 0 Å². The molecule has 0 saturated carbocycles. The van der Waals surface area contributed by atoms with E-state index >= 15 is 0 Å². The van der Waals surface area contributed by atoms with E-state index < -0.39 is 6.10 Å².